The summed E-state index contributed by atoms with van der Waals surface area (Å²) in [5.74, 6) is -1.35. The summed E-state index contributed by atoms with van der Waals surface area (Å²) in [5, 5.41) is 16.3. The van der Waals surface area contributed by atoms with Crippen LogP contribution in [0.2, 0.25) is 0 Å². The lowest BCUT2D eigenvalue weighted by atomic mass is 9.88. The van der Waals surface area contributed by atoms with Gasteiger partial charge in [0.15, 0.2) is 5.82 Å². The number of alkyl halides is 2. The number of hydrogen-bond acceptors (Lipinski definition) is 9. The highest BCUT2D eigenvalue weighted by atomic mass is 32.2. The second-order valence-corrected chi connectivity index (χ2v) is 10.8. The lowest BCUT2D eigenvalue weighted by Crippen LogP contribution is -2.37. The number of pyridine rings is 1. The molecule has 4 heterocycles. The fraction of sp³-hybridized carbons (Fsp3) is 0.381. The average molecular weight is 503 g/mol. The number of rotatable bonds is 7. The number of hydrogen-bond donors (Lipinski definition) is 2. The summed E-state index contributed by atoms with van der Waals surface area (Å²) in [6, 6.07) is 2.82. The van der Waals surface area contributed by atoms with Crippen molar-refractivity contribution in [1.29, 1.82) is 0 Å². The molecule has 0 unspecified atom stereocenters. The molecule has 6 rings (SSSR count). The van der Waals surface area contributed by atoms with Crippen molar-refractivity contribution in [2.24, 2.45) is 0 Å². The highest BCUT2D eigenvalue weighted by Crippen LogP contribution is 2.47. The standard InChI is InChI=1S/C21H20F2N8O3S/c22-21(23)6-13(7-21)31-16-5-18(25-9-15(16)27-19(31)11-32)28-17-3-4-24-20(29-17)12-8-26-30(10-12)35(33,34)14-1-2-14/h3-5,8-10,13-14,32H,1-2,6-7,11H2,(H,24,25,28,29). The summed E-state index contributed by atoms with van der Waals surface area (Å²) in [4.78, 5) is 17.3. The highest BCUT2D eigenvalue weighted by Gasteiger charge is 2.47. The largest absolute Gasteiger partial charge is 0.388 e. The maximum absolute atomic E-state index is 13.5. The number of imidazole rings is 1. The van der Waals surface area contributed by atoms with Gasteiger partial charge in [0.1, 0.15) is 29.6 Å². The third kappa shape index (κ3) is 3.91. The van der Waals surface area contributed by atoms with Gasteiger partial charge in [-0.25, -0.2) is 37.1 Å². The van der Waals surface area contributed by atoms with Crippen LogP contribution in [0, 0.1) is 0 Å². The SMILES string of the molecule is O=S(=O)(C1CC1)n1cc(-c2nccc(Nc3cc4c(cn3)nc(CO)n4C3CC(F)(F)C3)n2)cn1. The lowest BCUT2D eigenvalue weighted by Gasteiger charge is -2.36. The first kappa shape index (κ1) is 22.0. The molecule has 35 heavy (non-hydrogen) atoms. The Labute approximate surface area is 197 Å². The van der Waals surface area contributed by atoms with Crippen molar-refractivity contribution >= 4 is 32.7 Å². The van der Waals surface area contributed by atoms with Crippen LogP contribution in [0.15, 0.2) is 36.9 Å². The molecular formula is C21H20F2N8O3S. The molecular weight excluding hydrogens is 482 g/mol. The van der Waals surface area contributed by atoms with Crippen molar-refractivity contribution in [3.05, 3.63) is 42.7 Å². The third-order valence-corrected chi connectivity index (χ3v) is 8.20. The minimum atomic E-state index is -3.50. The number of anilines is 2. The van der Waals surface area contributed by atoms with Gasteiger partial charge in [-0.15, -0.1) is 0 Å². The van der Waals surface area contributed by atoms with Crippen molar-refractivity contribution in [3.8, 4) is 11.4 Å². The zero-order chi connectivity index (χ0) is 24.4. The minimum absolute atomic E-state index is 0.276. The third-order valence-electron chi connectivity index (χ3n) is 6.16. The van der Waals surface area contributed by atoms with E-state index in [0.717, 1.165) is 4.09 Å². The first-order valence-electron chi connectivity index (χ1n) is 11.0. The summed E-state index contributed by atoms with van der Waals surface area (Å²) in [6.07, 6.45) is 6.44. The van der Waals surface area contributed by atoms with Gasteiger partial charge in [0, 0.05) is 31.1 Å². The van der Waals surface area contributed by atoms with Gasteiger partial charge in [0.2, 0.25) is 0 Å². The monoisotopic (exact) mass is 502 g/mol. The number of nitrogens with one attached hydrogen (secondary N) is 1. The Kier molecular flexibility index (Phi) is 4.86. The summed E-state index contributed by atoms with van der Waals surface area (Å²) >= 11 is 0. The molecule has 0 amide bonds. The van der Waals surface area contributed by atoms with Crippen LogP contribution >= 0.6 is 0 Å². The second-order valence-electron chi connectivity index (χ2n) is 8.77. The van der Waals surface area contributed by atoms with Gasteiger partial charge in [-0.2, -0.15) is 9.19 Å². The van der Waals surface area contributed by atoms with Crippen LogP contribution in [0.25, 0.3) is 22.4 Å². The van der Waals surface area contributed by atoms with E-state index in [1.54, 1.807) is 16.7 Å². The van der Waals surface area contributed by atoms with Crippen LogP contribution in [0.3, 0.4) is 0 Å². The molecule has 0 saturated heterocycles. The molecule has 14 heteroatoms. The van der Waals surface area contributed by atoms with Crippen molar-refractivity contribution < 1.29 is 22.3 Å². The van der Waals surface area contributed by atoms with E-state index in [9.17, 15) is 22.3 Å². The molecule has 2 aliphatic carbocycles. The molecule has 0 radical (unpaired) electrons. The van der Waals surface area contributed by atoms with Crippen molar-refractivity contribution in [2.75, 3.05) is 5.32 Å². The number of aliphatic hydroxyl groups excluding tert-OH is 1. The van der Waals surface area contributed by atoms with Crippen molar-refractivity contribution in [3.63, 3.8) is 0 Å². The molecule has 11 nitrogen and oxygen atoms in total. The molecule has 182 valence electrons. The van der Waals surface area contributed by atoms with Gasteiger partial charge in [-0.3, -0.25) is 0 Å². The number of aliphatic hydroxyl groups is 1. The number of fused-ring (bicyclic) bond motifs is 1. The Morgan fingerprint density at radius 2 is 1.94 bits per heavy atom. The van der Waals surface area contributed by atoms with E-state index >= 15 is 0 Å². The summed E-state index contributed by atoms with van der Waals surface area (Å²) in [5.41, 5.74) is 1.51. The van der Waals surface area contributed by atoms with E-state index in [0.29, 0.717) is 46.9 Å². The smallest absolute Gasteiger partial charge is 0.256 e. The molecule has 2 fully saturated rings. The Hall–Kier alpha value is -3.52. The Morgan fingerprint density at radius 1 is 1.14 bits per heavy atom. The topological polar surface area (TPSA) is 141 Å². The maximum Gasteiger partial charge on any atom is 0.256 e. The highest BCUT2D eigenvalue weighted by molar-refractivity contribution is 7.90. The van der Waals surface area contributed by atoms with Gasteiger partial charge in [-0.05, 0) is 18.9 Å². The molecule has 4 aromatic heterocycles. The zero-order valence-corrected chi connectivity index (χ0v) is 19.0. The van der Waals surface area contributed by atoms with Crippen molar-refractivity contribution in [2.45, 2.75) is 49.5 Å². The van der Waals surface area contributed by atoms with Gasteiger partial charge in [-0.1, -0.05) is 0 Å². The minimum Gasteiger partial charge on any atom is -0.388 e. The van der Waals surface area contributed by atoms with Crippen LogP contribution in [0.4, 0.5) is 20.4 Å². The zero-order valence-electron chi connectivity index (χ0n) is 18.2. The van der Waals surface area contributed by atoms with Crippen LogP contribution in [0.5, 0.6) is 0 Å². The van der Waals surface area contributed by atoms with Crippen LogP contribution < -0.4 is 5.32 Å². The Balaban J connectivity index is 1.28. The lowest BCUT2D eigenvalue weighted by molar-refractivity contribution is -0.104. The van der Waals surface area contributed by atoms with Gasteiger partial charge in [0.05, 0.1) is 34.9 Å². The number of nitrogens with zero attached hydrogens (tertiary/aromatic N) is 7. The first-order chi connectivity index (χ1) is 16.7. The molecule has 0 aromatic carbocycles. The molecule has 0 bridgehead atoms. The summed E-state index contributed by atoms with van der Waals surface area (Å²) < 4.78 is 54.4. The van der Waals surface area contributed by atoms with Gasteiger partial charge >= 0.3 is 0 Å². The van der Waals surface area contributed by atoms with Crippen LogP contribution in [-0.4, -0.2) is 58.4 Å². The molecule has 0 atom stereocenters. The van der Waals surface area contributed by atoms with E-state index in [4.69, 9.17) is 0 Å². The quantitative estimate of drug-likeness (QED) is 0.390. The molecule has 4 aromatic rings. The molecule has 2 N–H and O–H groups in total. The molecule has 2 aliphatic rings. The van der Waals surface area contributed by atoms with E-state index in [1.165, 1.54) is 24.8 Å². The number of halogens is 2. The predicted molar refractivity (Wildman–Crippen MR) is 121 cm³/mol. The summed E-state index contributed by atoms with van der Waals surface area (Å²) in [6.45, 7) is -0.376. The molecule has 0 spiro atoms. The van der Waals surface area contributed by atoms with E-state index in [2.05, 4.69) is 30.4 Å². The fourth-order valence-electron chi connectivity index (χ4n) is 4.22. The first-order valence-corrected chi connectivity index (χ1v) is 12.5. The van der Waals surface area contributed by atoms with Gasteiger partial charge < -0.3 is 15.0 Å². The number of aromatic nitrogens is 7. The molecule has 2 saturated carbocycles. The van der Waals surface area contributed by atoms with Gasteiger partial charge in [0.25, 0.3) is 15.9 Å². The maximum atomic E-state index is 13.5. The second kappa shape index (κ2) is 7.75. The Bertz CT molecular complexity index is 1540. The van der Waals surface area contributed by atoms with Crippen molar-refractivity contribution in [1.82, 2.24) is 33.7 Å². The molecule has 0 aliphatic heterocycles. The summed E-state index contributed by atoms with van der Waals surface area (Å²) in [7, 11) is -3.50. The van der Waals surface area contributed by atoms with Crippen LogP contribution in [-0.2, 0) is 16.6 Å². The van der Waals surface area contributed by atoms with E-state index in [1.807, 2.05) is 0 Å². The van der Waals surface area contributed by atoms with Crippen LogP contribution in [0.1, 0.15) is 37.5 Å². The van der Waals surface area contributed by atoms with E-state index in [-0.39, 0.29) is 25.3 Å². The fourth-order valence-corrected chi connectivity index (χ4v) is 5.70. The normalized spacial score (nSPS) is 18.0. The Morgan fingerprint density at radius 3 is 2.66 bits per heavy atom. The average Bonchev–Trinajstić information content (AvgIpc) is 3.44. The predicted octanol–water partition coefficient (Wildman–Crippen LogP) is 2.63. The van der Waals surface area contributed by atoms with E-state index < -0.39 is 27.2 Å².